The van der Waals surface area contributed by atoms with Gasteiger partial charge in [-0.3, -0.25) is 0 Å². The molecule has 0 amide bonds. The van der Waals surface area contributed by atoms with E-state index < -0.39 is 0 Å². The van der Waals surface area contributed by atoms with Crippen molar-refractivity contribution in [1.29, 1.82) is 0 Å². The summed E-state index contributed by atoms with van der Waals surface area (Å²) in [5.41, 5.74) is 1.19. The monoisotopic (exact) mass is 291 g/mol. The van der Waals surface area contributed by atoms with Gasteiger partial charge in [0.1, 0.15) is 0 Å². The average Bonchev–Trinajstić information content (AvgIpc) is 2.45. The van der Waals surface area contributed by atoms with Gasteiger partial charge in [0.05, 0.1) is 0 Å². The van der Waals surface area contributed by atoms with E-state index in [1.165, 1.54) is 5.56 Å². The van der Waals surface area contributed by atoms with E-state index in [0.29, 0.717) is 18.4 Å². The minimum Gasteiger partial charge on any atom is -0.354 e. The zero-order chi connectivity index (χ0) is 14.4. The summed E-state index contributed by atoms with van der Waals surface area (Å²) in [4.78, 5) is 14.6. The van der Waals surface area contributed by atoms with Crippen LogP contribution >= 0.6 is 11.6 Å². The van der Waals surface area contributed by atoms with Crippen molar-refractivity contribution in [2.75, 3.05) is 23.8 Å². The molecule has 0 saturated heterocycles. The molecule has 0 spiro atoms. The number of nitrogens with one attached hydrogen (secondary N) is 1. The zero-order valence-electron chi connectivity index (χ0n) is 11.7. The molecule has 0 aliphatic heterocycles. The van der Waals surface area contributed by atoms with Crippen LogP contribution in [-0.4, -0.2) is 28.5 Å². The largest absolute Gasteiger partial charge is 0.354 e. The lowest BCUT2D eigenvalue weighted by Gasteiger charge is -2.17. The lowest BCUT2D eigenvalue weighted by Crippen LogP contribution is -2.20. The van der Waals surface area contributed by atoms with Crippen LogP contribution in [0.25, 0.3) is 0 Å². The van der Waals surface area contributed by atoms with Crippen molar-refractivity contribution in [2.24, 2.45) is 0 Å². The Morgan fingerprint density at radius 3 is 2.60 bits per heavy atom. The van der Waals surface area contributed by atoms with Crippen LogP contribution in [0.4, 0.5) is 11.9 Å². The standard InChI is InChI=1S/C14H18ClN5/c1-3-9-16-13-17-12(15)18-14(19-13)20(2)10-11-7-5-4-6-8-11/h4-8H,3,9-10H2,1-2H3,(H,16,17,18,19). The Balaban J connectivity index is 2.12. The molecule has 20 heavy (non-hydrogen) atoms. The van der Waals surface area contributed by atoms with Crippen LogP contribution in [0.1, 0.15) is 18.9 Å². The quantitative estimate of drug-likeness (QED) is 0.887. The summed E-state index contributed by atoms with van der Waals surface area (Å²) < 4.78 is 0. The highest BCUT2D eigenvalue weighted by Gasteiger charge is 2.09. The number of halogens is 1. The van der Waals surface area contributed by atoms with E-state index in [2.05, 4.69) is 39.3 Å². The van der Waals surface area contributed by atoms with Crippen molar-refractivity contribution >= 4 is 23.5 Å². The van der Waals surface area contributed by atoms with Crippen molar-refractivity contribution in [3.8, 4) is 0 Å². The van der Waals surface area contributed by atoms with Crippen molar-refractivity contribution in [3.05, 3.63) is 41.2 Å². The fourth-order valence-electron chi connectivity index (χ4n) is 1.75. The number of benzene rings is 1. The summed E-state index contributed by atoms with van der Waals surface area (Å²) in [6.07, 6.45) is 0.999. The third-order valence-electron chi connectivity index (χ3n) is 2.73. The van der Waals surface area contributed by atoms with Crippen molar-refractivity contribution in [2.45, 2.75) is 19.9 Å². The number of anilines is 2. The first-order chi connectivity index (χ1) is 9.69. The maximum absolute atomic E-state index is 5.95. The van der Waals surface area contributed by atoms with Gasteiger partial charge >= 0.3 is 0 Å². The second-order valence-electron chi connectivity index (χ2n) is 4.50. The first-order valence-corrected chi connectivity index (χ1v) is 6.97. The molecule has 0 fully saturated rings. The lowest BCUT2D eigenvalue weighted by molar-refractivity contribution is 0.847. The number of nitrogens with zero attached hydrogens (tertiary/aromatic N) is 4. The summed E-state index contributed by atoms with van der Waals surface area (Å²) >= 11 is 5.95. The summed E-state index contributed by atoms with van der Waals surface area (Å²) in [6, 6.07) is 10.1. The van der Waals surface area contributed by atoms with Gasteiger partial charge < -0.3 is 10.2 Å². The molecule has 5 nitrogen and oxygen atoms in total. The normalized spacial score (nSPS) is 10.3. The first kappa shape index (κ1) is 14.5. The Morgan fingerprint density at radius 2 is 1.90 bits per heavy atom. The highest BCUT2D eigenvalue weighted by Crippen LogP contribution is 2.15. The van der Waals surface area contributed by atoms with Gasteiger partial charge in [0.25, 0.3) is 0 Å². The Morgan fingerprint density at radius 1 is 1.15 bits per heavy atom. The van der Waals surface area contributed by atoms with E-state index >= 15 is 0 Å². The molecule has 0 radical (unpaired) electrons. The average molecular weight is 292 g/mol. The minimum absolute atomic E-state index is 0.202. The molecule has 2 rings (SSSR count). The molecule has 0 aliphatic rings. The van der Waals surface area contributed by atoms with Crippen LogP contribution in [-0.2, 0) is 6.54 Å². The minimum atomic E-state index is 0.202. The highest BCUT2D eigenvalue weighted by atomic mass is 35.5. The van der Waals surface area contributed by atoms with Gasteiger partial charge in [-0.1, -0.05) is 37.3 Å². The highest BCUT2D eigenvalue weighted by molar-refractivity contribution is 6.28. The van der Waals surface area contributed by atoms with Crippen LogP contribution in [0.5, 0.6) is 0 Å². The smallest absolute Gasteiger partial charge is 0.231 e. The third kappa shape index (κ3) is 4.06. The molecule has 1 heterocycles. The van der Waals surface area contributed by atoms with E-state index in [1.807, 2.05) is 30.1 Å². The van der Waals surface area contributed by atoms with Gasteiger partial charge in [-0.25, -0.2) is 0 Å². The molecule has 1 aromatic heterocycles. The predicted octanol–water partition coefficient (Wildman–Crippen LogP) is 2.98. The zero-order valence-corrected chi connectivity index (χ0v) is 12.4. The fraction of sp³-hybridized carbons (Fsp3) is 0.357. The Labute approximate surface area is 124 Å². The van der Waals surface area contributed by atoms with Gasteiger partial charge in [0, 0.05) is 20.1 Å². The maximum Gasteiger partial charge on any atom is 0.231 e. The summed E-state index contributed by atoms with van der Waals surface area (Å²) in [7, 11) is 1.93. The summed E-state index contributed by atoms with van der Waals surface area (Å²) in [5, 5.41) is 3.32. The Kier molecular flexibility index (Phi) is 5.12. The van der Waals surface area contributed by atoms with E-state index in [1.54, 1.807) is 0 Å². The number of hydrogen-bond acceptors (Lipinski definition) is 5. The van der Waals surface area contributed by atoms with Crippen LogP contribution in [0.15, 0.2) is 30.3 Å². The summed E-state index contributed by atoms with van der Waals surface area (Å²) in [5.74, 6) is 1.08. The van der Waals surface area contributed by atoms with E-state index in [9.17, 15) is 0 Å². The fourth-order valence-corrected chi connectivity index (χ4v) is 1.91. The van der Waals surface area contributed by atoms with Crippen molar-refractivity contribution in [1.82, 2.24) is 15.0 Å². The van der Waals surface area contributed by atoms with Gasteiger partial charge in [0.15, 0.2) is 0 Å². The van der Waals surface area contributed by atoms with E-state index in [-0.39, 0.29) is 5.28 Å². The van der Waals surface area contributed by atoms with E-state index in [0.717, 1.165) is 13.0 Å². The third-order valence-corrected chi connectivity index (χ3v) is 2.90. The molecular weight excluding hydrogens is 274 g/mol. The Hall–Kier alpha value is -1.88. The van der Waals surface area contributed by atoms with Gasteiger partial charge in [0.2, 0.25) is 17.2 Å². The second-order valence-corrected chi connectivity index (χ2v) is 4.83. The van der Waals surface area contributed by atoms with Crippen LogP contribution in [0.2, 0.25) is 5.28 Å². The second kappa shape index (κ2) is 7.05. The first-order valence-electron chi connectivity index (χ1n) is 6.59. The van der Waals surface area contributed by atoms with E-state index in [4.69, 9.17) is 11.6 Å². The molecule has 0 atom stereocenters. The molecule has 0 bridgehead atoms. The van der Waals surface area contributed by atoms with Gasteiger partial charge in [-0.2, -0.15) is 15.0 Å². The molecule has 6 heteroatoms. The van der Waals surface area contributed by atoms with Crippen molar-refractivity contribution in [3.63, 3.8) is 0 Å². The van der Waals surface area contributed by atoms with Crippen molar-refractivity contribution < 1.29 is 0 Å². The molecule has 1 aromatic carbocycles. The molecule has 106 valence electrons. The number of aromatic nitrogens is 3. The topological polar surface area (TPSA) is 53.9 Å². The molecular formula is C14H18ClN5. The molecule has 2 aromatic rings. The molecule has 0 aliphatic carbocycles. The van der Waals surface area contributed by atoms with Crippen LogP contribution < -0.4 is 10.2 Å². The lowest BCUT2D eigenvalue weighted by atomic mass is 10.2. The predicted molar refractivity (Wildman–Crippen MR) is 82.2 cm³/mol. The Bertz CT molecular complexity index is 547. The molecule has 1 N–H and O–H groups in total. The number of hydrogen-bond donors (Lipinski definition) is 1. The maximum atomic E-state index is 5.95. The molecule has 0 saturated carbocycles. The van der Waals surface area contributed by atoms with Gasteiger partial charge in [-0.05, 0) is 23.6 Å². The van der Waals surface area contributed by atoms with Crippen LogP contribution in [0, 0.1) is 0 Å². The SMILES string of the molecule is CCCNc1nc(Cl)nc(N(C)Cc2ccccc2)n1. The summed E-state index contributed by atoms with van der Waals surface area (Å²) in [6.45, 7) is 3.61. The molecule has 0 unspecified atom stereocenters. The van der Waals surface area contributed by atoms with Gasteiger partial charge in [-0.15, -0.1) is 0 Å². The van der Waals surface area contributed by atoms with Crippen LogP contribution in [0.3, 0.4) is 0 Å². The number of rotatable bonds is 6.